The highest BCUT2D eigenvalue weighted by Crippen LogP contribution is 2.26. The van der Waals surface area contributed by atoms with Crippen molar-refractivity contribution in [3.05, 3.63) is 89.7 Å². The van der Waals surface area contributed by atoms with Crippen molar-refractivity contribution in [3.63, 3.8) is 0 Å². The summed E-state index contributed by atoms with van der Waals surface area (Å²) in [4.78, 5) is 16.6. The first-order chi connectivity index (χ1) is 15.1. The van der Waals surface area contributed by atoms with Crippen LogP contribution in [0.25, 0.3) is 11.1 Å². The summed E-state index contributed by atoms with van der Waals surface area (Å²) in [5, 5.41) is 0. The molecule has 0 unspecified atom stereocenters. The number of anilines is 1. The number of hydrogen-bond acceptors (Lipinski definition) is 4. The Morgan fingerprint density at radius 2 is 1.58 bits per heavy atom. The molecule has 1 aliphatic rings. The molecule has 0 bridgehead atoms. The fraction of sp³-hybridized carbons (Fsp3) is 0.269. The molecule has 1 saturated heterocycles. The molecular weight excluding hydrogens is 391 g/mol. The first-order valence-corrected chi connectivity index (χ1v) is 10.7. The third kappa shape index (κ3) is 5.12. The number of ether oxygens (including phenoxy) is 1. The number of hydrogen-bond donors (Lipinski definition) is 0. The van der Waals surface area contributed by atoms with Crippen LogP contribution in [0.4, 0.5) is 10.1 Å². The normalized spacial score (nSPS) is 14.5. The van der Waals surface area contributed by atoms with Gasteiger partial charge in [0, 0.05) is 38.4 Å². The maximum Gasteiger partial charge on any atom is 0.338 e. The molecule has 0 atom stereocenters. The van der Waals surface area contributed by atoms with Crippen LogP contribution < -0.4 is 4.90 Å². The Morgan fingerprint density at radius 3 is 2.26 bits per heavy atom. The fourth-order valence-corrected chi connectivity index (χ4v) is 4.00. The van der Waals surface area contributed by atoms with E-state index in [1.807, 2.05) is 49.4 Å². The molecule has 1 aliphatic heterocycles. The minimum atomic E-state index is -0.279. The number of rotatable bonds is 6. The van der Waals surface area contributed by atoms with Crippen LogP contribution in [-0.2, 0) is 11.3 Å². The molecule has 5 heteroatoms. The molecule has 0 aromatic heterocycles. The van der Waals surface area contributed by atoms with Gasteiger partial charge in [0.15, 0.2) is 0 Å². The number of carbonyl (C=O) groups excluding carboxylic acids is 1. The molecule has 1 fully saturated rings. The number of esters is 1. The van der Waals surface area contributed by atoms with Crippen LogP contribution in [0.1, 0.15) is 22.8 Å². The number of piperazine rings is 1. The molecule has 31 heavy (non-hydrogen) atoms. The quantitative estimate of drug-likeness (QED) is 0.528. The van der Waals surface area contributed by atoms with Gasteiger partial charge in [-0.25, -0.2) is 9.18 Å². The molecule has 0 saturated carbocycles. The third-order valence-corrected chi connectivity index (χ3v) is 5.68. The highest BCUT2D eigenvalue weighted by atomic mass is 19.1. The lowest BCUT2D eigenvalue weighted by atomic mass is 9.99. The molecule has 0 radical (unpaired) electrons. The molecule has 3 aromatic rings. The van der Waals surface area contributed by atoms with Gasteiger partial charge in [0.2, 0.25) is 0 Å². The van der Waals surface area contributed by atoms with E-state index in [2.05, 4.69) is 28.0 Å². The summed E-state index contributed by atoms with van der Waals surface area (Å²) in [5.74, 6) is -0.494. The van der Waals surface area contributed by atoms with Crippen molar-refractivity contribution in [2.45, 2.75) is 13.5 Å². The van der Waals surface area contributed by atoms with E-state index in [-0.39, 0.29) is 11.8 Å². The van der Waals surface area contributed by atoms with Gasteiger partial charge in [0.1, 0.15) is 5.82 Å². The van der Waals surface area contributed by atoms with Crippen molar-refractivity contribution in [1.82, 2.24) is 4.90 Å². The van der Waals surface area contributed by atoms with Crippen molar-refractivity contribution in [2.75, 3.05) is 37.7 Å². The van der Waals surface area contributed by atoms with E-state index >= 15 is 0 Å². The Labute approximate surface area is 182 Å². The van der Waals surface area contributed by atoms with E-state index in [0.29, 0.717) is 12.2 Å². The summed E-state index contributed by atoms with van der Waals surface area (Å²) < 4.78 is 18.4. The van der Waals surface area contributed by atoms with Crippen molar-refractivity contribution < 1.29 is 13.9 Å². The molecule has 0 spiro atoms. The van der Waals surface area contributed by atoms with E-state index in [4.69, 9.17) is 4.74 Å². The Morgan fingerprint density at radius 1 is 0.903 bits per heavy atom. The van der Waals surface area contributed by atoms with Crippen LogP contribution in [0.5, 0.6) is 0 Å². The smallest absolute Gasteiger partial charge is 0.338 e. The predicted molar refractivity (Wildman–Crippen MR) is 122 cm³/mol. The molecule has 0 aliphatic carbocycles. The zero-order chi connectivity index (χ0) is 21.6. The standard InChI is InChI=1S/C26H27FN2O2/c1-2-31-26(30)21-9-13-24(14-10-21)29-17-15-28(16-18-29)19-22-5-3-4-6-25(22)20-7-11-23(27)12-8-20/h3-14H,2,15-19H2,1H3. The van der Waals surface area contributed by atoms with Crippen molar-refractivity contribution in [3.8, 4) is 11.1 Å². The highest BCUT2D eigenvalue weighted by molar-refractivity contribution is 5.89. The van der Waals surface area contributed by atoms with Crippen LogP contribution in [0, 0.1) is 5.82 Å². The molecular formula is C26H27FN2O2. The van der Waals surface area contributed by atoms with E-state index in [9.17, 15) is 9.18 Å². The summed E-state index contributed by atoms with van der Waals surface area (Å²) in [6.45, 7) is 6.82. The lowest BCUT2D eigenvalue weighted by Gasteiger charge is -2.36. The molecule has 4 nitrogen and oxygen atoms in total. The number of nitrogens with zero attached hydrogens (tertiary/aromatic N) is 2. The van der Waals surface area contributed by atoms with Gasteiger partial charge in [0.25, 0.3) is 0 Å². The van der Waals surface area contributed by atoms with E-state index < -0.39 is 0 Å². The summed E-state index contributed by atoms with van der Waals surface area (Å²) in [5.41, 5.74) is 5.15. The monoisotopic (exact) mass is 418 g/mol. The topological polar surface area (TPSA) is 32.8 Å². The fourth-order valence-electron chi connectivity index (χ4n) is 4.00. The second kappa shape index (κ2) is 9.75. The second-order valence-electron chi connectivity index (χ2n) is 7.69. The van der Waals surface area contributed by atoms with Gasteiger partial charge in [-0.05, 0) is 60.0 Å². The van der Waals surface area contributed by atoms with Crippen molar-refractivity contribution in [2.24, 2.45) is 0 Å². The maximum absolute atomic E-state index is 13.3. The number of carbonyl (C=O) groups is 1. The first kappa shape index (κ1) is 21.1. The Balaban J connectivity index is 1.38. The zero-order valence-corrected chi connectivity index (χ0v) is 17.8. The molecule has 1 heterocycles. The molecule has 160 valence electrons. The maximum atomic E-state index is 13.3. The van der Waals surface area contributed by atoms with E-state index in [1.54, 1.807) is 0 Å². The Bertz CT molecular complexity index is 1010. The third-order valence-electron chi connectivity index (χ3n) is 5.68. The summed E-state index contributed by atoms with van der Waals surface area (Å²) >= 11 is 0. The lowest BCUT2D eigenvalue weighted by Crippen LogP contribution is -2.46. The second-order valence-corrected chi connectivity index (χ2v) is 7.69. The van der Waals surface area contributed by atoms with E-state index in [1.165, 1.54) is 17.7 Å². The van der Waals surface area contributed by atoms with Gasteiger partial charge in [-0.15, -0.1) is 0 Å². The number of benzene rings is 3. The molecule has 0 amide bonds. The van der Waals surface area contributed by atoms with Gasteiger partial charge in [-0.2, -0.15) is 0 Å². The van der Waals surface area contributed by atoms with Crippen LogP contribution in [-0.4, -0.2) is 43.7 Å². The van der Waals surface area contributed by atoms with Gasteiger partial charge in [0.05, 0.1) is 12.2 Å². The molecule has 3 aromatic carbocycles. The van der Waals surface area contributed by atoms with Gasteiger partial charge < -0.3 is 9.64 Å². The van der Waals surface area contributed by atoms with Crippen molar-refractivity contribution in [1.29, 1.82) is 0 Å². The van der Waals surface area contributed by atoms with E-state index in [0.717, 1.165) is 49.5 Å². The Hall–Kier alpha value is -3.18. The first-order valence-electron chi connectivity index (χ1n) is 10.7. The predicted octanol–water partition coefficient (Wildman–Crippen LogP) is 4.99. The lowest BCUT2D eigenvalue weighted by molar-refractivity contribution is 0.0526. The molecule has 4 rings (SSSR count). The van der Waals surface area contributed by atoms with Crippen LogP contribution in [0.3, 0.4) is 0 Å². The summed E-state index contributed by atoms with van der Waals surface area (Å²) in [6.07, 6.45) is 0. The van der Waals surface area contributed by atoms with Gasteiger partial charge in [-0.3, -0.25) is 4.90 Å². The van der Waals surface area contributed by atoms with Crippen LogP contribution in [0.15, 0.2) is 72.8 Å². The van der Waals surface area contributed by atoms with Gasteiger partial charge in [-0.1, -0.05) is 36.4 Å². The Kier molecular flexibility index (Phi) is 6.63. The molecule has 0 N–H and O–H groups in total. The van der Waals surface area contributed by atoms with Crippen LogP contribution in [0.2, 0.25) is 0 Å². The average Bonchev–Trinajstić information content (AvgIpc) is 2.81. The highest BCUT2D eigenvalue weighted by Gasteiger charge is 2.19. The SMILES string of the molecule is CCOC(=O)c1ccc(N2CCN(Cc3ccccc3-c3ccc(F)cc3)CC2)cc1. The largest absolute Gasteiger partial charge is 0.462 e. The zero-order valence-electron chi connectivity index (χ0n) is 17.8. The minimum Gasteiger partial charge on any atom is -0.462 e. The van der Waals surface area contributed by atoms with Gasteiger partial charge >= 0.3 is 5.97 Å². The summed E-state index contributed by atoms with van der Waals surface area (Å²) in [7, 11) is 0. The van der Waals surface area contributed by atoms with Crippen molar-refractivity contribution >= 4 is 11.7 Å². The number of halogens is 1. The average molecular weight is 419 g/mol. The minimum absolute atomic E-state index is 0.215. The van der Waals surface area contributed by atoms with Crippen LogP contribution >= 0.6 is 0 Å². The summed E-state index contributed by atoms with van der Waals surface area (Å²) in [6, 6.07) is 22.7.